The summed E-state index contributed by atoms with van der Waals surface area (Å²) in [5.74, 6) is 1.64. The Morgan fingerprint density at radius 1 is 1.00 bits per heavy atom. The van der Waals surface area contributed by atoms with Crippen LogP contribution in [0.15, 0.2) is 72.9 Å². The molecule has 0 saturated heterocycles. The molecule has 4 rings (SSSR count). The molecule has 31 heavy (non-hydrogen) atoms. The highest BCUT2D eigenvalue weighted by Crippen LogP contribution is 2.16. The summed E-state index contributed by atoms with van der Waals surface area (Å²) in [6.45, 7) is 3.64. The van der Waals surface area contributed by atoms with Gasteiger partial charge in [-0.25, -0.2) is 9.97 Å². The molecule has 1 amide bonds. The Labute approximate surface area is 181 Å². The van der Waals surface area contributed by atoms with Gasteiger partial charge in [0.15, 0.2) is 5.65 Å². The van der Waals surface area contributed by atoms with Gasteiger partial charge in [-0.3, -0.25) is 4.79 Å². The van der Waals surface area contributed by atoms with Crippen molar-refractivity contribution in [3.63, 3.8) is 0 Å². The molecule has 0 atom stereocenters. The first-order valence-corrected chi connectivity index (χ1v) is 10.6. The van der Waals surface area contributed by atoms with Gasteiger partial charge in [0, 0.05) is 31.3 Å². The number of benzene rings is 2. The van der Waals surface area contributed by atoms with Gasteiger partial charge < -0.3 is 14.6 Å². The minimum Gasteiger partial charge on any atom is -0.494 e. The minimum atomic E-state index is -0.105. The lowest BCUT2D eigenvalue weighted by molar-refractivity contribution is 0.0952. The fourth-order valence-electron chi connectivity index (χ4n) is 3.58. The fraction of sp³-hybridized carbons (Fsp3) is 0.240. The predicted octanol–water partition coefficient (Wildman–Crippen LogP) is 4.05. The zero-order chi connectivity index (χ0) is 21.5. The van der Waals surface area contributed by atoms with Crippen LogP contribution in [0.25, 0.3) is 11.2 Å². The van der Waals surface area contributed by atoms with Crippen molar-refractivity contribution < 1.29 is 9.53 Å². The largest absolute Gasteiger partial charge is 0.494 e. The number of ether oxygens (including phenoxy) is 1. The predicted molar refractivity (Wildman–Crippen MR) is 121 cm³/mol. The molecular weight excluding hydrogens is 388 g/mol. The monoisotopic (exact) mass is 414 g/mol. The topological polar surface area (TPSA) is 69.0 Å². The summed E-state index contributed by atoms with van der Waals surface area (Å²) in [4.78, 5) is 21.8. The maximum atomic E-state index is 12.5. The maximum Gasteiger partial charge on any atom is 0.251 e. The average Bonchev–Trinajstić information content (AvgIpc) is 3.16. The summed E-state index contributed by atoms with van der Waals surface area (Å²) >= 11 is 0. The number of aromatic nitrogens is 3. The third-order valence-corrected chi connectivity index (χ3v) is 5.11. The average molecular weight is 415 g/mol. The summed E-state index contributed by atoms with van der Waals surface area (Å²) < 4.78 is 7.54. The van der Waals surface area contributed by atoms with Crippen LogP contribution in [0, 0.1) is 0 Å². The van der Waals surface area contributed by atoms with Gasteiger partial charge >= 0.3 is 0 Å². The molecule has 2 aromatic carbocycles. The van der Waals surface area contributed by atoms with E-state index in [1.165, 1.54) is 5.56 Å². The number of imidazole rings is 1. The number of rotatable bonds is 9. The first kappa shape index (κ1) is 20.6. The standard InChI is InChI=1S/C25H26N4O2/c1-2-31-21-13-11-20(12-14-21)25(30)27-17-18-29-23(15-10-19-7-4-3-5-8-19)28-22-9-6-16-26-24(22)29/h3-9,11-14,16H,2,10,15,17-18H2,1H3,(H,27,30). The normalized spacial score (nSPS) is 10.9. The third kappa shape index (κ3) is 5.09. The summed E-state index contributed by atoms with van der Waals surface area (Å²) in [6.07, 6.45) is 3.50. The van der Waals surface area contributed by atoms with Crippen molar-refractivity contribution in [3.8, 4) is 5.75 Å². The molecule has 0 aliphatic rings. The van der Waals surface area contributed by atoms with Crippen LogP contribution >= 0.6 is 0 Å². The van der Waals surface area contributed by atoms with Crippen LogP contribution < -0.4 is 10.1 Å². The van der Waals surface area contributed by atoms with Crippen molar-refractivity contribution in [1.29, 1.82) is 0 Å². The second-order valence-corrected chi connectivity index (χ2v) is 7.22. The van der Waals surface area contributed by atoms with E-state index in [1.54, 1.807) is 18.3 Å². The van der Waals surface area contributed by atoms with E-state index in [0.29, 0.717) is 25.3 Å². The second-order valence-electron chi connectivity index (χ2n) is 7.22. The third-order valence-electron chi connectivity index (χ3n) is 5.11. The number of amides is 1. The van der Waals surface area contributed by atoms with Crippen LogP contribution in [0.2, 0.25) is 0 Å². The Kier molecular flexibility index (Phi) is 6.57. The highest BCUT2D eigenvalue weighted by molar-refractivity contribution is 5.94. The number of pyridine rings is 1. The number of carbonyl (C=O) groups excluding carboxylic acids is 1. The van der Waals surface area contributed by atoms with Gasteiger partial charge in [-0.1, -0.05) is 30.3 Å². The molecule has 4 aromatic rings. The van der Waals surface area contributed by atoms with Crippen LogP contribution in [0.5, 0.6) is 5.75 Å². The smallest absolute Gasteiger partial charge is 0.251 e. The second kappa shape index (κ2) is 9.89. The van der Waals surface area contributed by atoms with Gasteiger partial charge in [0.2, 0.25) is 0 Å². The van der Waals surface area contributed by atoms with Crippen LogP contribution in [0.3, 0.4) is 0 Å². The molecule has 0 radical (unpaired) electrons. The highest BCUT2D eigenvalue weighted by Gasteiger charge is 2.12. The number of fused-ring (bicyclic) bond motifs is 1. The number of aryl methyl sites for hydroxylation is 2. The van der Waals surface area contributed by atoms with Gasteiger partial charge in [-0.05, 0) is 55.3 Å². The number of nitrogens with zero attached hydrogens (tertiary/aromatic N) is 3. The van der Waals surface area contributed by atoms with E-state index < -0.39 is 0 Å². The summed E-state index contributed by atoms with van der Waals surface area (Å²) in [6, 6.07) is 21.4. The first-order chi connectivity index (χ1) is 15.2. The minimum absolute atomic E-state index is 0.105. The Bertz CT molecular complexity index is 1140. The zero-order valence-electron chi connectivity index (χ0n) is 17.6. The van der Waals surface area contributed by atoms with Gasteiger partial charge in [-0.15, -0.1) is 0 Å². The lowest BCUT2D eigenvalue weighted by Gasteiger charge is -2.10. The van der Waals surface area contributed by atoms with Crippen LogP contribution in [0.1, 0.15) is 28.7 Å². The van der Waals surface area contributed by atoms with Gasteiger partial charge in [0.05, 0.1) is 6.61 Å². The highest BCUT2D eigenvalue weighted by atomic mass is 16.5. The number of carbonyl (C=O) groups is 1. The van der Waals surface area contributed by atoms with Crippen LogP contribution in [0.4, 0.5) is 0 Å². The molecule has 2 aromatic heterocycles. The number of hydrogen-bond donors (Lipinski definition) is 1. The SMILES string of the molecule is CCOc1ccc(C(=O)NCCn2c(CCc3ccccc3)nc3cccnc32)cc1. The quantitative estimate of drug-likeness (QED) is 0.449. The zero-order valence-corrected chi connectivity index (χ0v) is 17.6. The Balaban J connectivity index is 1.42. The number of nitrogens with one attached hydrogen (secondary N) is 1. The van der Waals surface area contributed by atoms with E-state index in [9.17, 15) is 4.79 Å². The molecule has 0 saturated carbocycles. The molecule has 158 valence electrons. The van der Waals surface area contributed by atoms with Crippen molar-refractivity contribution >= 4 is 17.1 Å². The van der Waals surface area contributed by atoms with Crippen molar-refractivity contribution in [2.45, 2.75) is 26.3 Å². The molecular formula is C25H26N4O2. The summed E-state index contributed by atoms with van der Waals surface area (Å²) in [5, 5.41) is 3.00. The van der Waals surface area contributed by atoms with E-state index in [2.05, 4.69) is 39.1 Å². The van der Waals surface area contributed by atoms with Crippen LogP contribution in [-0.2, 0) is 19.4 Å². The first-order valence-electron chi connectivity index (χ1n) is 10.6. The van der Waals surface area contributed by atoms with Crippen molar-refractivity contribution in [2.24, 2.45) is 0 Å². The Morgan fingerprint density at radius 2 is 1.81 bits per heavy atom. The molecule has 1 N–H and O–H groups in total. The lowest BCUT2D eigenvalue weighted by atomic mass is 10.1. The fourth-order valence-corrected chi connectivity index (χ4v) is 3.58. The van der Waals surface area contributed by atoms with E-state index in [4.69, 9.17) is 9.72 Å². The molecule has 0 bridgehead atoms. The van der Waals surface area contributed by atoms with Gasteiger partial charge in [-0.2, -0.15) is 0 Å². The van der Waals surface area contributed by atoms with Crippen molar-refractivity contribution in [2.75, 3.05) is 13.2 Å². The van der Waals surface area contributed by atoms with Crippen LogP contribution in [-0.4, -0.2) is 33.6 Å². The van der Waals surface area contributed by atoms with Gasteiger partial charge in [0.1, 0.15) is 17.1 Å². The molecule has 0 fully saturated rings. The molecule has 0 aliphatic carbocycles. The number of hydrogen-bond acceptors (Lipinski definition) is 4. The molecule has 6 heteroatoms. The summed E-state index contributed by atoms with van der Waals surface area (Å²) in [7, 11) is 0. The maximum absolute atomic E-state index is 12.5. The van der Waals surface area contributed by atoms with Crippen molar-refractivity contribution in [3.05, 3.63) is 89.9 Å². The van der Waals surface area contributed by atoms with Gasteiger partial charge in [0.25, 0.3) is 5.91 Å². The molecule has 0 unspecified atom stereocenters. The lowest BCUT2D eigenvalue weighted by Crippen LogP contribution is -2.27. The van der Waals surface area contributed by atoms with E-state index in [-0.39, 0.29) is 5.91 Å². The molecule has 6 nitrogen and oxygen atoms in total. The van der Waals surface area contributed by atoms with E-state index >= 15 is 0 Å². The molecule has 0 spiro atoms. The molecule has 2 heterocycles. The Morgan fingerprint density at radius 3 is 2.58 bits per heavy atom. The van der Waals surface area contributed by atoms with E-state index in [0.717, 1.165) is 35.6 Å². The van der Waals surface area contributed by atoms with Crippen molar-refractivity contribution in [1.82, 2.24) is 19.9 Å². The molecule has 0 aliphatic heterocycles. The summed E-state index contributed by atoms with van der Waals surface area (Å²) in [5.41, 5.74) is 3.61. The Hall–Kier alpha value is -3.67. The van der Waals surface area contributed by atoms with E-state index in [1.807, 2.05) is 37.3 Å².